The van der Waals surface area contributed by atoms with Crippen molar-refractivity contribution in [1.29, 1.82) is 0 Å². The molecule has 1 aromatic heterocycles. The van der Waals surface area contributed by atoms with Crippen molar-refractivity contribution in [1.82, 2.24) is 9.88 Å². The predicted molar refractivity (Wildman–Crippen MR) is 79.0 cm³/mol. The molecule has 0 saturated carbocycles. The molecular weight excluding hydrogens is 276 g/mol. The van der Waals surface area contributed by atoms with Crippen LogP contribution in [0.25, 0.3) is 0 Å². The molecule has 1 N–H and O–H groups in total. The number of aliphatic hydroxyl groups excluding tert-OH is 1. The first kappa shape index (κ1) is 15.3. The highest BCUT2D eigenvalue weighted by molar-refractivity contribution is 6.29. The lowest BCUT2D eigenvalue weighted by molar-refractivity contribution is 0.0620. The fourth-order valence-electron chi connectivity index (χ4n) is 2.52. The second-order valence-corrected chi connectivity index (χ2v) is 6.09. The maximum Gasteiger partial charge on any atom is 0.254 e. The van der Waals surface area contributed by atoms with Crippen LogP contribution in [0, 0.1) is 5.92 Å². The molecule has 2 rings (SSSR count). The molecule has 5 heteroatoms. The second kappa shape index (κ2) is 6.55. The average Bonchev–Trinajstić information content (AvgIpc) is 2.45. The van der Waals surface area contributed by atoms with E-state index < -0.39 is 0 Å². The number of carbonyl (C=O) groups excluding carboxylic acids is 1. The van der Waals surface area contributed by atoms with Crippen LogP contribution < -0.4 is 0 Å². The Morgan fingerprint density at radius 2 is 2.30 bits per heavy atom. The molecule has 0 radical (unpaired) electrons. The summed E-state index contributed by atoms with van der Waals surface area (Å²) in [5.41, 5.74) is 1.42. The summed E-state index contributed by atoms with van der Waals surface area (Å²) >= 11 is 6.01. The smallest absolute Gasteiger partial charge is 0.254 e. The molecule has 1 fully saturated rings. The molecule has 110 valence electrons. The largest absolute Gasteiger partial charge is 0.396 e. The minimum Gasteiger partial charge on any atom is -0.396 e. The molecule has 0 bridgehead atoms. The molecule has 1 amide bonds. The Hall–Kier alpha value is -1.13. The van der Waals surface area contributed by atoms with E-state index in [0.29, 0.717) is 17.3 Å². The molecule has 1 atom stereocenters. The molecule has 1 aliphatic heterocycles. The van der Waals surface area contributed by atoms with E-state index >= 15 is 0 Å². The standard InChI is InChI=1S/C15H21ClN2O2/c1-10(2)13-6-12(7-14(16)17-13)15(20)18-5-3-4-11(8-18)9-19/h6-7,10-11,19H,3-5,8-9H2,1-2H3. The summed E-state index contributed by atoms with van der Waals surface area (Å²) in [4.78, 5) is 18.6. The SMILES string of the molecule is CC(C)c1cc(C(=O)N2CCCC(CO)C2)cc(Cl)n1. The highest BCUT2D eigenvalue weighted by Crippen LogP contribution is 2.22. The zero-order valence-corrected chi connectivity index (χ0v) is 12.7. The van der Waals surface area contributed by atoms with Gasteiger partial charge in [-0.3, -0.25) is 4.79 Å². The summed E-state index contributed by atoms with van der Waals surface area (Å²) in [5, 5.41) is 9.61. The zero-order valence-electron chi connectivity index (χ0n) is 12.0. The number of rotatable bonds is 3. The third kappa shape index (κ3) is 3.49. The average molecular weight is 297 g/mol. The van der Waals surface area contributed by atoms with Crippen LogP contribution in [0.4, 0.5) is 0 Å². The number of likely N-dealkylation sites (tertiary alicyclic amines) is 1. The van der Waals surface area contributed by atoms with Gasteiger partial charge in [-0.25, -0.2) is 4.98 Å². The molecule has 1 aliphatic rings. The van der Waals surface area contributed by atoms with Gasteiger partial charge >= 0.3 is 0 Å². The number of amides is 1. The normalized spacial score (nSPS) is 19.4. The van der Waals surface area contributed by atoms with Crippen LogP contribution in [-0.4, -0.2) is 40.6 Å². The number of carbonyl (C=O) groups is 1. The van der Waals surface area contributed by atoms with E-state index in [4.69, 9.17) is 11.6 Å². The van der Waals surface area contributed by atoms with Gasteiger partial charge in [-0.2, -0.15) is 0 Å². The van der Waals surface area contributed by atoms with Crippen molar-refractivity contribution >= 4 is 17.5 Å². The number of piperidine rings is 1. The lowest BCUT2D eigenvalue weighted by Crippen LogP contribution is -2.41. The van der Waals surface area contributed by atoms with Gasteiger partial charge < -0.3 is 10.0 Å². The highest BCUT2D eigenvalue weighted by Gasteiger charge is 2.24. The Kier molecular flexibility index (Phi) is 5.00. The number of aliphatic hydroxyl groups is 1. The molecule has 1 aromatic rings. The van der Waals surface area contributed by atoms with Gasteiger partial charge in [-0.05, 0) is 36.8 Å². The molecule has 2 heterocycles. The van der Waals surface area contributed by atoms with Crippen molar-refractivity contribution < 1.29 is 9.90 Å². The quantitative estimate of drug-likeness (QED) is 0.873. The Balaban J connectivity index is 2.20. The minimum absolute atomic E-state index is 0.0191. The summed E-state index contributed by atoms with van der Waals surface area (Å²) < 4.78 is 0. The molecule has 0 aromatic carbocycles. The van der Waals surface area contributed by atoms with Gasteiger partial charge in [-0.15, -0.1) is 0 Å². The monoisotopic (exact) mass is 296 g/mol. The predicted octanol–water partition coefficient (Wildman–Crippen LogP) is 2.70. The Bertz CT molecular complexity index is 491. The summed E-state index contributed by atoms with van der Waals surface area (Å²) in [6, 6.07) is 3.44. The van der Waals surface area contributed by atoms with E-state index in [-0.39, 0.29) is 24.3 Å². The maximum absolute atomic E-state index is 12.5. The van der Waals surface area contributed by atoms with E-state index in [1.807, 2.05) is 19.9 Å². The van der Waals surface area contributed by atoms with E-state index in [0.717, 1.165) is 25.1 Å². The molecule has 20 heavy (non-hydrogen) atoms. The third-order valence-electron chi connectivity index (χ3n) is 3.72. The molecule has 4 nitrogen and oxygen atoms in total. The molecule has 1 unspecified atom stereocenters. The number of aromatic nitrogens is 1. The number of nitrogens with zero attached hydrogens (tertiary/aromatic N) is 2. The lowest BCUT2D eigenvalue weighted by Gasteiger charge is -2.32. The van der Waals surface area contributed by atoms with Gasteiger partial charge in [0.05, 0.1) is 0 Å². The van der Waals surface area contributed by atoms with Gasteiger partial charge in [-0.1, -0.05) is 25.4 Å². The summed E-state index contributed by atoms with van der Waals surface area (Å²) in [6.07, 6.45) is 1.92. The highest BCUT2D eigenvalue weighted by atomic mass is 35.5. The maximum atomic E-state index is 12.5. The minimum atomic E-state index is -0.0191. The van der Waals surface area contributed by atoms with Crippen LogP contribution in [0.1, 0.15) is 48.7 Å². The molecule has 1 saturated heterocycles. The van der Waals surface area contributed by atoms with Crippen LogP contribution >= 0.6 is 11.6 Å². The first-order valence-corrected chi connectivity index (χ1v) is 7.46. The topological polar surface area (TPSA) is 53.4 Å². The lowest BCUT2D eigenvalue weighted by atomic mass is 9.98. The van der Waals surface area contributed by atoms with E-state index in [1.54, 1.807) is 11.0 Å². The summed E-state index contributed by atoms with van der Waals surface area (Å²) in [7, 11) is 0. The van der Waals surface area contributed by atoms with Crippen molar-refractivity contribution in [3.63, 3.8) is 0 Å². The number of halogens is 1. The van der Waals surface area contributed by atoms with Gasteiger partial charge in [0.1, 0.15) is 5.15 Å². The fourth-order valence-corrected chi connectivity index (χ4v) is 2.73. The van der Waals surface area contributed by atoms with E-state index in [1.165, 1.54) is 0 Å². The fraction of sp³-hybridized carbons (Fsp3) is 0.600. The Labute approximate surface area is 124 Å². The number of pyridine rings is 1. The first-order chi connectivity index (χ1) is 9.51. The number of hydrogen-bond acceptors (Lipinski definition) is 3. The second-order valence-electron chi connectivity index (χ2n) is 5.70. The molecular formula is C15H21ClN2O2. The van der Waals surface area contributed by atoms with Crippen LogP contribution in [0.3, 0.4) is 0 Å². The Morgan fingerprint density at radius 1 is 1.55 bits per heavy atom. The summed E-state index contributed by atoms with van der Waals surface area (Å²) in [6.45, 7) is 5.54. The van der Waals surface area contributed by atoms with Crippen molar-refractivity contribution in [3.8, 4) is 0 Å². The summed E-state index contributed by atoms with van der Waals surface area (Å²) in [5.74, 6) is 0.399. The number of hydrogen-bond donors (Lipinski definition) is 1. The van der Waals surface area contributed by atoms with E-state index in [2.05, 4.69) is 4.98 Å². The third-order valence-corrected chi connectivity index (χ3v) is 3.91. The Morgan fingerprint density at radius 3 is 2.95 bits per heavy atom. The van der Waals surface area contributed by atoms with Crippen molar-refractivity contribution in [2.45, 2.75) is 32.6 Å². The first-order valence-electron chi connectivity index (χ1n) is 7.09. The van der Waals surface area contributed by atoms with Crippen molar-refractivity contribution in [2.75, 3.05) is 19.7 Å². The molecule has 0 spiro atoms. The van der Waals surface area contributed by atoms with Crippen LogP contribution in [0.5, 0.6) is 0 Å². The van der Waals surface area contributed by atoms with E-state index in [9.17, 15) is 9.90 Å². The van der Waals surface area contributed by atoms with Crippen LogP contribution in [0.2, 0.25) is 5.15 Å². The van der Waals surface area contributed by atoms with Crippen LogP contribution in [0.15, 0.2) is 12.1 Å². The van der Waals surface area contributed by atoms with Gasteiger partial charge in [0.15, 0.2) is 0 Å². The van der Waals surface area contributed by atoms with Gasteiger partial charge in [0.25, 0.3) is 5.91 Å². The van der Waals surface area contributed by atoms with Gasteiger partial charge in [0.2, 0.25) is 0 Å². The molecule has 0 aliphatic carbocycles. The van der Waals surface area contributed by atoms with Crippen molar-refractivity contribution in [2.24, 2.45) is 5.92 Å². The van der Waals surface area contributed by atoms with Crippen LogP contribution in [-0.2, 0) is 0 Å². The van der Waals surface area contributed by atoms with Gasteiger partial charge in [0, 0.05) is 31.0 Å². The van der Waals surface area contributed by atoms with Crippen molar-refractivity contribution in [3.05, 3.63) is 28.5 Å². The zero-order chi connectivity index (χ0) is 14.7.